The molecule has 1 N–H and O–H groups in total. The summed E-state index contributed by atoms with van der Waals surface area (Å²) in [5, 5.41) is 4.35. The van der Waals surface area contributed by atoms with E-state index in [1.54, 1.807) is 6.20 Å². The number of carbonyl (C=O) groups excluding carboxylic acids is 1. The topological polar surface area (TPSA) is 42.0 Å². The standard InChI is InChI=1S/C22H20N2O/c1-22(2)12-17-16-10-6-7-11-20(16)24-13-18(17)21(25)19(22)14-23-15-8-4-3-5-9-15/h3-11,13-14,23H,12H2,1-2H3/b19-14-. The number of anilines is 1. The number of para-hydroxylation sites is 2. The van der Waals surface area contributed by atoms with Gasteiger partial charge in [-0.15, -0.1) is 0 Å². The minimum absolute atomic E-state index is 0.0629. The molecule has 3 nitrogen and oxygen atoms in total. The van der Waals surface area contributed by atoms with E-state index in [4.69, 9.17) is 0 Å². The Hall–Kier alpha value is -2.94. The van der Waals surface area contributed by atoms with Crippen LogP contribution in [0.5, 0.6) is 0 Å². The molecule has 0 aliphatic heterocycles. The average Bonchev–Trinajstić information content (AvgIpc) is 2.62. The highest BCUT2D eigenvalue weighted by atomic mass is 16.1. The molecule has 1 heterocycles. The molecule has 0 radical (unpaired) electrons. The Morgan fingerprint density at radius 2 is 1.76 bits per heavy atom. The van der Waals surface area contributed by atoms with Gasteiger partial charge in [0.15, 0.2) is 5.78 Å². The number of allylic oxidation sites excluding steroid dienone is 1. The first-order valence-corrected chi connectivity index (χ1v) is 8.50. The zero-order valence-corrected chi connectivity index (χ0v) is 14.4. The predicted molar refractivity (Wildman–Crippen MR) is 102 cm³/mol. The summed E-state index contributed by atoms with van der Waals surface area (Å²) in [6.07, 6.45) is 4.40. The summed E-state index contributed by atoms with van der Waals surface area (Å²) in [6.45, 7) is 4.25. The van der Waals surface area contributed by atoms with Crippen molar-refractivity contribution in [1.82, 2.24) is 4.98 Å². The molecule has 1 aliphatic carbocycles. The SMILES string of the molecule is CC1(C)Cc2c(cnc3ccccc23)C(=O)/C1=C/Nc1ccccc1. The molecule has 0 atom stereocenters. The summed E-state index contributed by atoms with van der Waals surface area (Å²) in [4.78, 5) is 17.6. The van der Waals surface area contributed by atoms with E-state index in [9.17, 15) is 4.79 Å². The molecule has 25 heavy (non-hydrogen) atoms. The van der Waals surface area contributed by atoms with Crippen LogP contribution in [0.1, 0.15) is 29.8 Å². The normalized spacial score (nSPS) is 17.5. The Labute approximate surface area is 147 Å². The van der Waals surface area contributed by atoms with E-state index in [1.165, 1.54) is 0 Å². The quantitative estimate of drug-likeness (QED) is 0.673. The summed E-state index contributed by atoms with van der Waals surface area (Å²) in [5.74, 6) is 0.0629. The smallest absolute Gasteiger partial charge is 0.192 e. The Morgan fingerprint density at radius 3 is 2.56 bits per heavy atom. The van der Waals surface area contributed by atoms with Gasteiger partial charge in [-0.05, 0) is 35.6 Å². The lowest BCUT2D eigenvalue weighted by Gasteiger charge is -2.33. The van der Waals surface area contributed by atoms with Gasteiger partial charge in [0, 0.05) is 34.6 Å². The van der Waals surface area contributed by atoms with Crippen molar-refractivity contribution in [3.63, 3.8) is 0 Å². The van der Waals surface area contributed by atoms with Crippen molar-refractivity contribution in [1.29, 1.82) is 0 Å². The van der Waals surface area contributed by atoms with Crippen LogP contribution in [0.25, 0.3) is 10.9 Å². The molecule has 0 bridgehead atoms. The molecule has 0 spiro atoms. The van der Waals surface area contributed by atoms with Gasteiger partial charge in [-0.3, -0.25) is 9.78 Å². The number of hydrogen-bond acceptors (Lipinski definition) is 3. The number of nitrogens with one attached hydrogen (secondary N) is 1. The molecule has 1 aromatic heterocycles. The number of fused-ring (bicyclic) bond motifs is 3. The maximum Gasteiger partial charge on any atom is 0.192 e. The summed E-state index contributed by atoms with van der Waals surface area (Å²) in [5.41, 5.74) is 4.30. The van der Waals surface area contributed by atoms with E-state index in [2.05, 4.69) is 30.2 Å². The number of benzene rings is 2. The fraction of sp³-hybridized carbons (Fsp3) is 0.182. The van der Waals surface area contributed by atoms with Gasteiger partial charge in [-0.2, -0.15) is 0 Å². The van der Waals surface area contributed by atoms with Gasteiger partial charge in [-0.1, -0.05) is 50.2 Å². The number of nitrogens with zero attached hydrogens (tertiary/aromatic N) is 1. The van der Waals surface area contributed by atoms with Gasteiger partial charge in [-0.25, -0.2) is 0 Å². The van der Waals surface area contributed by atoms with Crippen molar-refractivity contribution < 1.29 is 4.79 Å². The highest BCUT2D eigenvalue weighted by Gasteiger charge is 2.37. The Bertz CT molecular complexity index is 987. The monoisotopic (exact) mass is 328 g/mol. The second-order valence-corrected chi connectivity index (χ2v) is 7.13. The number of pyridine rings is 1. The number of carbonyl (C=O) groups is 1. The second kappa shape index (κ2) is 5.85. The molecule has 124 valence electrons. The van der Waals surface area contributed by atoms with Crippen LogP contribution >= 0.6 is 0 Å². The Kier molecular flexibility index (Phi) is 3.65. The molecule has 0 amide bonds. The van der Waals surface area contributed by atoms with Crippen molar-refractivity contribution in [3.05, 3.63) is 83.7 Å². The van der Waals surface area contributed by atoms with Gasteiger partial charge in [0.05, 0.1) is 5.52 Å². The minimum atomic E-state index is -0.240. The van der Waals surface area contributed by atoms with Crippen LogP contribution in [0.3, 0.4) is 0 Å². The van der Waals surface area contributed by atoms with Gasteiger partial charge in [0.25, 0.3) is 0 Å². The lowest BCUT2D eigenvalue weighted by atomic mass is 9.70. The fourth-order valence-electron chi connectivity index (χ4n) is 3.53. The molecule has 4 rings (SSSR count). The van der Waals surface area contributed by atoms with E-state index in [1.807, 2.05) is 54.7 Å². The highest BCUT2D eigenvalue weighted by molar-refractivity contribution is 6.13. The number of Topliss-reactive ketones (excluding diaryl/α,β-unsaturated/α-hetero) is 1. The average molecular weight is 328 g/mol. The number of ketones is 1. The molecule has 2 aromatic carbocycles. The molecule has 0 saturated heterocycles. The summed E-state index contributed by atoms with van der Waals surface area (Å²) >= 11 is 0. The Balaban J connectivity index is 1.79. The lowest BCUT2D eigenvalue weighted by molar-refractivity contribution is 0.0995. The van der Waals surface area contributed by atoms with E-state index < -0.39 is 0 Å². The van der Waals surface area contributed by atoms with Gasteiger partial charge >= 0.3 is 0 Å². The van der Waals surface area contributed by atoms with Crippen LogP contribution in [0, 0.1) is 5.41 Å². The second-order valence-electron chi connectivity index (χ2n) is 7.13. The third-order valence-electron chi connectivity index (χ3n) is 4.88. The minimum Gasteiger partial charge on any atom is -0.361 e. The lowest BCUT2D eigenvalue weighted by Crippen LogP contribution is -2.31. The highest BCUT2D eigenvalue weighted by Crippen LogP contribution is 2.41. The van der Waals surface area contributed by atoms with E-state index >= 15 is 0 Å². The summed E-state index contributed by atoms with van der Waals surface area (Å²) < 4.78 is 0. The summed E-state index contributed by atoms with van der Waals surface area (Å²) in [7, 11) is 0. The van der Waals surface area contributed by atoms with Crippen molar-refractivity contribution in [2.45, 2.75) is 20.3 Å². The van der Waals surface area contributed by atoms with Crippen LogP contribution in [-0.4, -0.2) is 10.8 Å². The van der Waals surface area contributed by atoms with Gasteiger partial charge < -0.3 is 5.32 Å². The zero-order valence-electron chi connectivity index (χ0n) is 14.4. The van der Waals surface area contributed by atoms with E-state index in [0.29, 0.717) is 0 Å². The Morgan fingerprint density at radius 1 is 1.04 bits per heavy atom. The molecule has 1 aliphatic rings. The first kappa shape index (κ1) is 15.6. The third kappa shape index (κ3) is 2.72. The number of aromatic nitrogens is 1. The molecular weight excluding hydrogens is 308 g/mol. The van der Waals surface area contributed by atoms with Crippen molar-refractivity contribution in [2.75, 3.05) is 5.32 Å². The van der Waals surface area contributed by atoms with Crippen LogP contribution in [0.2, 0.25) is 0 Å². The molecule has 3 aromatic rings. The number of hydrogen-bond donors (Lipinski definition) is 1. The van der Waals surface area contributed by atoms with Crippen LogP contribution in [-0.2, 0) is 6.42 Å². The first-order valence-electron chi connectivity index (χ1n) is 8.50. The van der Waals surface area contributed by atoms with Crippen molar-refractivity contribution in [3.8, 4) is 0 Å². The fourth-order valence-corrected chi connectivity index (χ4v) is 3.53. The third-order valence-corrected chi connectivity index (χ3v) is 4.88. The van der Waals surface area contributed by atoms with Crippen LogP contribution in [0.15, 0.2) is 72.6 Å². The predicted octanol–water partition coefficient (Wildman–Crippen LogP) is 5.00. The van der Waals surface area contributed by atoms with Crippen molar-refractivity contribution >= 4 is 22.4 Å². The molecule has 0 fully saturated rings. The molecule has 3 heteroatoms. The van der Waals surface area contributed by atoms with Crippen LogP contribution in [0.4, 0.5) is 5.69 Å². The first-order chi connectivity index (χ1) is 12.1. The molecule has 0 saturated carbocycles. The molecule has 0 unspecified atom stereocenters. The van der Waals surface area contributed by atoms with Crippen LogP contribution < -0.4 is 5.32 Å². The number of rotatable bonds is 2. The summed E-state index contributed by atoms with van der Waals surface area (Å²) in [6, 6.07) is 17.9. The van der Waals surface area contributed by atoms with Gasteiger partial charge in [0.1, 0.15) is 0 Å². The van der Waals surface area contributed by atoms with E-state index in [-0.39, 0.29) is 11.2 Å². The van der Waals surface area contributed by atoms with E-state index in [0.717, 1.165) is 39.7 Å². The van der Waals surface area contributed by atoms with Crippen molar-refractivity contribution in [2.24, 2.45) is 5.41 Å². The maximum absolute atomic E-state index is 13.1. The molecular formula is C22H20N2O. The zero-order chi connectivity index (χ0) is 17.4. The maximum atomic E-state index is 13.1. The van der Waals surface area contributed by atoms with Gasteiger partial charge in [0.2, 0.25) is 0 Å². The largest absolute Gasteiger partial charge is 0.361 e.